The molecule has 1 saturated carbocycles. The van der Waals surface area contributed by atoms with E-state index >= 15 is 0 Å². The average Bonchev–Trinajstić information content (AvgIpc) is 3.12. The molecule has 0 bridgehead atoms. The highest BCUT2D eigenvalue weighted by Crippen LogP contribution is 2.42. The number of benzene rings is 1. The van der Waals surface area contributed by atoms with Crippen molar-refractivity contribution >= 4 is 8.32 Å². The molecule has 0 radical (unpaired) electrons. The summed E-state index contributed by atoms with van der Waals surface area (Å²) in [7, 11) is -0.378. The first-order chi connectivity index (χ1) is 13.1. The summed E-state index contributed by atoms with van der Waals surface area (Å²) in [5.41, 5.74) is 2.12. The van der Waals surface area contributed by atoms with E-state index in [2.05, 4.69) is 58.1 Å². The molecule has 1 aliphatic carbocycles. The second kappa shape index (κ2) is 9.43. The first-order valence-corrected chi connectivity index (χ1v) is 13.3. The summed E-state index contributed by atoms with van der Waals surface area (Å²) in [4.78, 5) is 0. The summed E-state index contributed by atoms with van der Waals surface area (Å²) in [6.07, 6.45) is 4.58. The molecular weight excluding hydrogens is 366 g/mol. The van der Waals surface area contributed by atoms with Crippen LogP contribution in [-0.2, 0) is 9.16 Å². The van der Waals surface area contributed by atoms with Crippen LogP contribution in [0.3, 0.4) is 0 Å². The van der Waals surface area contributed by atoms with E-state index in [0.29, 0.717) is 6.42 Å². The Balaban J connectivity index is 2.42. The number of hydrogen-bond donors (Lipinski definition) is 0. The third-order valence-electron chi connectivity index (χ3n) is 6.29. The van der Waals surface area contributed by atoms with Gasteiger partial charge in [0.25, 0.3) is 0 Å². The fourth-order valence-corrected chi connectivity index (χ4v) is 4.73. The van der Waals surface area contributed by atoms with Gasteiger partial charge in [0.05, 0.1) is 37.9 Å². The van der Waals surface area contributed by atoms with E-state index in [4.69, 9.17) is 13.9 Å². The third-order valence-corrected chi connectivity index (χ3v) is 10.7. The summed E-state index contributed by atoms with van der Waals surface area (Å²) < 4.78 is 18.9. The number of ether oxygens (including phenoxy) is 2. The zero-order valence-corrected chi connectivity index (χ0v) is 19.7. The zero-order valence-electron chi connectivity index (χ0n) is 18.7. The highest BCUT2D eigenvalue weighted by molar-refractivity contribution is 6.74. The van der Waals surface area contributed by atoms with Crippen LogP contribution >= 0.6 is 0 Å². The summed E-state index contributed by atoms with van der Waals surface area (Å²) in [6.45, 7) is 13.3. The molecule has 0 N–H and O–H groups in total. The zero-order chi connectivity index (χ0) is 20.9. The van der Waals surface area contributed by atoms with Crippen LogP contribution < -0.4 is 4.74 Å². The molecule has 0 saturated heterocycles. The summed E-state index contributed by atoms with van der Waals surface area (Å²) in [6, 6.07) is 8.55. The Kier molecular flexibility index (Phi) is 7.72. The van der Waals surface area contributed by atoms with Gasteiger partial charge in [0, 0.05) is 0 Å². The van der Waals surface area contributed by atoms with Crippen molar-refractivity contribution in [3.63, 3.8) is 0 Å². The molecule has 28 heavy (non-hydrogen) atoms. The minimum absolute atomic E-state index is 0.0740. The Hall–Kier alpha value is -1.35. The van der Waals surface area contributed by atoms with Crippen LogP contribution in [-0.4, -0.2) is 27.6 Å². The normalized spacial score (nSPS) is 17.9. The van der Waals surface area contributed by atoms with Gasteiger partial charge in [-0.25, -0.2) is 0 Å². The molecule has 1 aromatic rings. The van der Waals surface area contributed by atoms with E-state index in [-0.39, 0.29) is 23.4 Å². The van der Waals surface area contributed by atoms with Crippen LogP contribution in [0.2, 0.25) is 18.1 Å². The average molecular weight is 404 g/mol. The van der Waals surface area contributed by atoms with E-state index in [0.717, 1.165) is 29.7 Å². The molecule has 0 aromatic heterocycles. The van der Waals surface area contributed by atoms with Gasteiger partial charge in [-0.05, 0) is 55.1 Å². The van der Waals surface area contributed by atoms with Crippen molar-refractivity contribution in [1.29, 1.82) is 5.26 Å². The van der Waals surface area contributed by atoms with Crippen molar-refractivity contribution in [3.05, 3.63) is 29.3 Å². The first-order valence-electron chi connectivity index (χ1n) is 10.4. The summed E-state index contributed by atoms with van der Waals surface area (Å²) in [5, 5.41) is 9.58. The Morgan fingerprint density at radius 2 is 1.86 bits per heavy atom. The lowest BCUT2D eigenvalue weighted by Crippen LogP contribution is -2.44. The predicted molar refractivity (Wildman–Crippen MR) is 116 cm³/mol. The maximum Gasteiger partial charge on any atom is 0.193 e. The number of aryl methyl sites for hydroxylation is 1. The van der Waals surface area contributed by atoms with Crippen molar-refractivity contribution < 1.29 is 13.9 Å². The Morgan fingerprint density at radius 1 is 1.21 bits per heavy atom. The topological polar surface area (TPSA) is 51.5 Å². The molecular formula is C23H37NO3Si. The van der Waals surface area contributed by atoms with Gasteiger partial charge in [-0.1, -0.05) is 45.7 Å². The maximum atomic E-state index is 9.51. The number of hydrogen-bond acceptors (Lipinski definition) is 4. The number of rotatable bonds is 8. The smallest absolute Gasteiger partial charge is 0.193 e. The quantitative estimate of drug-likeness (QED) is 0.477. The van der Waals surface area contributed by atoms with Gasteiger partial charge in [0.2, 0.25) is 0 Å². The molecule has 0 heterocycles. The lowest BCUT2D eigenvalue weighted by Gasteiger charge is -2.41. The summed E-state index contributed by atoms with van der Waals surface area (Å²) in [5.74, 6) is 0.845. The minimum atomic E-state index is -2.07. The molecule has 1 aromatic carbocycles. The Labute approximate surface area is 172 Å². The molecule has 1 fully saturated rings. The number of methoxy groups -OCH3 is 1. The molecule has 156 valence electrons. The van der Waals surface area contributed by atoms with Gasteiger partial charge in [0.15, 0.2) is 8.32 Å². The lowest BCUT2D eigenvalue weighted by molar-refractivity contribution is -0.0683. The molecule has 4 nitrogen and oxygen atoms in total. The largest absolute Gasteiger partial charge is 0.496 e. The molecule has 0 aliphatic heterocycles. The van der Waals surface area contributed by atoms with Crippen LogP contribution in [0.4, 0.5) is 0 Å². The molecule has 5 heteroatoms. The maximum absolute atomic E-state index is 9.51. The van der Waals surface area contributed by atoms with Gasteiger partial charge in [0.1, 0.15) is 5.75 Å². The van der Waals surface area contributed by atoms with Gasteiger partial charge in [-0.2, -0.15) is 5.26 Å². The van der Waals surface area contributed by atoms with Crippen molar-refractivity contribution in [1.82, 2.24) is 0 Å². The molecule has 2 atom stereocenters. The molecule has 0 amide bonds. The van der Waals surface area contributed by atoms with Crippen molar-refractivity contribution in [3.8, 4) is 11.8 Å². The second-order valence-corrected chi connectivity index (χ2v) is 14.2. The fraction of sp³-hybridized carbons (Fsp3) is 0.696. The van der Waals surface area contributed by atoms with Gasteiger partial charge in [-0.15, -0.1) is 0 Å². The molecule has 0 spiro atoms. The van der Waals surface area contributed by atoms with E-state index in [1.165, 1.54) is 12.8 Å². The predicted octanol–water partition coefficient (Wildman–Crippen LogP) is 6.31. The van der Waals surface area contributed by atoms with Crippen molar-refractivity contribution in [2.45, 2.75) is 96.2 Å². The molecule has 1 aliphatic rings. The van der Waals surface area contributed by atoms with Gasteiger partial charge < -0.3 is 13.9 Å². The van der Waals surface area contributed by atoms with Gasteiger partial charge in [-0.3, -0.25) is 0 Å². The van der Waals surface area contributed by atoms with Gasteiger partial charge >= 0.3 is 0 Å². The summed E-state index contributed by atoms with van der Waals surface area (Å²) >= 11 is 0. The second-order valence-electron chi connectivity index (χ2n) is 9.47. The van der Waals surface area contributed by atoms with E-state index in [1.807, 2.05) is 6.92 Å². The molecule has 2 unspecified atom stereocenters. The van der Waals surface area contributed by atoms with Crippen LogP contribution in [0.25, 0.3) is 0 Å². The minimum Gasteiger partial charge on any atom is -0.496 e. The number of nitrogens with zero attached hydrogens (tertiary/aromatic N) is 1. The van der Waals surface area contributed by atoms with Crippen molar-refractivity contribution in [2.75, 3.05) is 7.11 Å². The van der Waals surface area contributed by atoms with E-state index in [9.17, 15) is 5.26 Å². The van der Waals surface area contributed by atoms with Crippen LogP contribution in [0.5, 0.6) is 5.75 Å². The monoisotopic (exact) mass is 403 g/mol. The Bertz CT molecular complexity index is 684. The number of nitriles is 1. The highest BCUT2D eigenvalue weighted by Gasteiger charge is 2.42. The van der Waals surface area contributed by atoms with Crippen LogP contribution in [0.1, 0.15) is 70.1 Å². The third kappa shape index (κ3) is 5.59. The fourth-order valence-electron chi connectivity index (χ4n) is 3.45. The Morgan fingerprint density at radius 3 is 2.39 bits per heavy atom. The van der Waals surface area contributed by atoms with Crippen LogP contribution in [0, 0.1) is 18.3 Å². The SMILES string of the molecule is COc1cc(C(O[Si](C)(C)C(C)(C)C)C(CC#N)OC2CCCC2)ccc1C. The van der Waals surface area contributed by atoms with E-state index in [1.54, 1.807) is 7.11 Å². The van der Waals surface area contributed by atoms with E-state index < -0.39 is 8.32 Å². The van der Waals surface area contributed by atoms with Crippen molar-refractivity contribution in [2.24, 2.45) is 0 Å². The first kappa shape index (κ1) is 22.9. The standard InChI is InChI=1S/C23H37NO3Si/c1-17-12-13-18(16-21(17)25-5)22(27-28(6,7)23(2,3)4)20(14-15-24)26-19-10-8-9-11-19/h12-13,16,19-20,22H,8-11,14H2,1-7H3. The molecule has 2 rings (SSSR count). The van der Waals surface area contributed by atoms with Crippen LogP contribution in [0.15, 0.2) is 18.2 Å². The lowest BCUT2D eigenvalue weighted by atomic mass is 10.00. The highest BCUT2D eigenvalue weighted by atomic mass is 28.4.